The molecular formula is C25H33N4O3Y-. The normalized spacial score (nSPS) is 14.1. The number of ether oxygens (including phenoxy) is 1. The molecule has 8 heteroatoms. The Morgan fingerprint density at radius 1 is 1.09 bits per heavy atom. The third-order valence-electron chi connectivity index (χ3n) is 5.60. The van der Waals surface area contributed by atoms with Crippen LogP contribution in [0.4, 0.5) is 15.3 Å². The second-order valence-corrected chi connectivity index (χ2v) is 7.99. The first-order valence-corrected chi connectivity index (χ1v) is 11.2. The van der Waals surface area contributed by atoms with Crippen molar-refractivity contribution in [1.82, 2.24) is 15.1 Å². The molecule has 175 valence electrons. The maximum Gasteiger partial charge on any atom is 0.411 e. The quantitative estimate of drug-likeness (QED) is 0.505. The number of benzene rings is 2. The Labute approximate surface area is 222 Å². The molecule has 0 aromatic heterocycles. The fourth-order valence-corrected chi connectivity index (χ4v) is 3.80. The summed E-state index contributed by atoms with van der Waals surface area (Å²) in [6, 6.07) is 17.6. The Hall–Kier alpha value is -1.96. The van der Waals surface area contributed by atoms with Crippen LogP contribution in [0.1, 0.15) is 19.3 Å². The zero-order valence-corrected chi connectivity index (χ0v) is 22.2. The summed E-state index contributed by atoms with van der Waals surface area (Å²) in [7, 11) is 1.77. The van der Waals surface area contributed by atoms with E-state index in [2.05, 4.69) is 22.5 Å². The van der Waals surface area contributed by atoms with Crippen LogP contribution in [0.2, 0.25) is 0 Å². The summed E-state index contributed by atoms with van der Waals surface area (Å²) in [6.07, 6.45) is 1.73. The van der Waals surface area contributed by atoms with Crippen LogP contribution in [0.15, 0.2) is 54.6 Å². The van der Waals surface area contributed by atoms with Crippen molar-refractivity contribution in [2.45, 2.75) is 25.4 Å². The molecule has 1 saturated heterocycles. The molecule has 0 saturated carbocycles. The third kappa shape index (κ3) is 8.72. The van der Waals surface area contributed by atoms with E-state index in [9.17, 15) is 9.59 Å². The van der Waals surface area contributed by atoms with Crippen molar-refractivity contribution < 1.29 is 47.0 Å². The Bertz CT molecular complexity index is 873. The fourth-order valence-electron chi connectivity index (χ4n) is 3.80. The molecule has 2 aromatic carbocycles. The van der Waals surface area contributed by atoms with Crippen molar-refractivity contribution >= 4 is 17.8 Å². The number of hydrogen-bond acceptors (Lipinski definition) is 4. The van der Waals surface area contributed by atoms with Gasteiger partial charge >= 0.3 is 12.1 Å². The number of nitrogens with zero attached hydrogens (tertiary/aromatic N) is 2. The third-order valence-corrected chi connectivity index (χ3v) is 5.60. The van der Waals surface area contributed by atoms with E-state index in [1.165, 1.54) is 0 Å². The van der Waals surface area contributed by atoms with Gasteiger partial charge in [0.1, 0.15) is 6.10 Å². The number of amides is 3. The van der Waals surface area contributed by atoms with Crippen LogP contribution >= 0.6 is 0 Å². The van der Waals surface area contributed by atoms with E-state index in [4.69, 9.17) is 4.74 Å². The van der Waals surface area contributed by atoms with Gasteiger partial charge < -0.3 is 26.8 Å². The van der Waals surface area contributed by atoms with Crippen LogP contribution in [0, 0.1) is 6.92 Å². The molecule has 1 fully saturated rings. The largest absolute Gasteiger partial charge is 0.446 e. The predicted octanol–water partition coefficient (Wildman–Crippen LogP) is 4.23. The van der Waals surface area contributed by atoms with Crippen LogP contribution in [-0.4, -0.2) is 67.8 Å². The van der Waals surface area contributed by atoms with Crippen molar-refractivity contribution in [1.29, 1.82) is 0 Å². The molecule has 2 aromatic rings. The first kappa shape index (κ1) is 27.3. The maximum atomic E-state index is 12.5. The van der Waals surface area contributed by atoms with Gasteiger partial charge in [-0.15, -0.1) is 0 Å². The number of carbonyl (C=O) groups excluding carboxylic acids is 2. The minimum atomic E-state index is -0.424. The smallest absolute Gasteiger partial charge is 0.411 e. The number of urea groups is 1. The average Bonchev–Trinajstić information content (AvgIpc) is 2.81. The fraction of sp³-hybridized carbons (Fsp3) is 0.400. The van der Waals surface area contributed by atoms with Gasteiger partial charge in [0.2, 0.25) is 0 Å². The van der Waals surface area contributed by atoms with Crippen molar-refractivity contribution in [2.75, 3.05) is 45.1 Å². The number of rotatable bonds is 8. The summed E-state index contributed by atoms with van der Waals surface area (Å²) in [5.41, 5.74) is 2.74. The van der Waals surface area contributed by atoms with E-state index >= 15 is 0 Å². The van der Waals surface area contributed by atoms with E-state index in [0.29, 0.717) is 19.5 Å². The molecule has 0 unspecified atom stereocenters. The standard InChI is InChI=1S/C25H33N4O3.Y/c1-3-16-28(2)24(30)26-15-19-29-17-13-21(14-18-29)32-25(31)27-23-12-8-7-11-22(23)20-9-5-4-6-10-20;/h4-12,21H,1,3,13-19H2,2H3,(H,26,30)(H,27,31);/q-1;. The molecule has 3 rings (SSSR count). The number of hydrogen-bond donors (Lipinski definition) is 2. The Morgan fingerprint density at radius 2 is 1.76 bits per heavy atom. The number of piperidine rings is 1. The summed E-state index contributed by atoms with van der Waals surface area (Å²) in [6.45, 7) is 7.46. The van der Waals surface area contributed by atoms with Crippen molar-refractivity contribution in [3.63, 3.8) is 0 Å². The van der Waals surface area contributed by atoms with E-state index in [1.54, 1.807) is 11.9 Å². The number of likely N-dealkylation sites (tertiary alicyclic amines) is 1. The second kappa shape index (κ2) is 14.3. The molecule has 2 N–H and O–H groups in total. The molecular weight excluding hydrogens is 493 g/mol. The van der Waals surface area contributed by atoms with Gasteiger partial charge in [-0.1, -0.05) is 48.5 Å². The zero-order valence-electron chi connectivity index (χ0n) is 19.3. The van der Waals surface area contributed by atoms with Crippen molar-refractivity contribution in [3.8, 4) is 11.1 Å². The van der Waals surface area contributed by atoms with Crippen LogP contribution in [0.3, 0.4) is 0 Å². The van der Waals surface area contributed by atoms with Gasteiger partial charge in [-0.2, -0.15) is 6.42 Å². The molecule has 1 heterocycles. The Morgan fingerprint density at radius 3 is 2.45 bits per heavy atom. The van der Waals surface area contributed by atoms with Gasteiger partial charge in [-0.05, 0) is 31.0 Å². The van der Waals surface area contributed by atoms with Crippen LogP contribution in [0.5, 0.6) is 0 Å². The summed E-state index contributed by atoms with van der Waals surface area (Å²) in [5, 5.41) is 5.83. The average molecular weight is 526 g/mol. The first-order valence-electron chi connectivity index (χ1n) is 11.2. The first-order chi connectivity index (χ1) is 15.6. The van der Waals surface area contributed by atoms with Crippen LogP contribution < -0.4 is 10.6 Å². The summed E-state index contributed by atoms with van der Waals surface area (Å²) in [4.78, 5) is 28.3. The topological polar surface area (TPSA) is 73.9 Å². The SMILES string of the molecule is [CH2-]CCN(C)C(=O)NCCN1CCC(OC(=O)Nc2ccccc2-c2ccccc2)CC1.[Y]. The van der Waals surface area contributed by atoms with Gasteiger partial charge in [-0.3, -0.25) is 5.32 Å². The molecule has 1 aliphatic rings. The molecule has 7 nitrogen and oxygen atoms in total. The summed E-state index contributed by atoms with van der Waals surface area (Å²) >= 11 is 0. The molecule has 0 aliphatic carbocycles. The number of carbonyl (C=O) groups is 2. The van der Waals surface area contributed by atoms with Crippen LogP contribution in [0.25, 0.3) is 11.1 Å². The van der Waals surface area contributed by atoms with E-state index < -0.39 is 6.09 Å². The van der Waals surface area contributed by atoms with E-state index in [0.717, 1.165) is 49.3 Å². The number of para-hydroxylation sites is 1. The van der Waals surface area contributed by atoms with Crippen molar-refractivity contribution in [2.24, 2.45) is 0 Å². The van der Waals surface area contributed by atoms with Gasteiger partial charge in [0.15, 0.2) is 0 Å². The molecule has 0 spiro atoms. The molecule has 0 atom stereocenters. The minimum Gasteiger partial charge on any atom is -0.446 e. The van der Waals surface area contributed by atoms with Gasteiger partial charge in [0.05, 0.1) is 5.69 Å². The van der Waals surface area contributed by atoms with Gasteiger partial charge in [0, 0.05) is 71.5 Å². The van der Waals surface area contributed by atoms with Gasteiger partial charge in [0.25, 0.3) is 0 Å². The number of anilines is 1. The predicted molar refractivity (Wildman–Crippen MR) is 127 cm³/mol. The Kier molecular flexibility index (Phi) is 11.9. The number of nitrogens with one attached hydrogen (secondary N) is 2. The molecule has 0 bridgehead atoms. The van der Waals surface area contributed by atoms with E-state index in [1.807, 2.05) is 54.6 Å². The molecule has 3 amide bonds. The zero-order chi connectivity index (χ0) is 22.8. The van der Waals surface area contributed by atoms with E-state index in [-0.39, 0.29) is 44.8 Å². The maximum absolute atomic E-state index is 12.5. The minimum absolute atomic E-state index is 0. The molecule has 33 heavy (non-hydrogen) atoms. The second-order valence-electron chi connectivity index (χ2n) is 7.99. The van der Waals surface area contributed by atoms with Crippen LogP contribution in [-0.2, 0) is 37.4 Å². The molecule has 1 radical (unpaired) electrons. The van der Waals surface area contributed by atoms with Crippen molar-refractivity contribution in [3.05, 3.63) is 61.5 Å². The summed E-state index contributed by atoms with van der Waals surface area (Å²) in [5.74, 6) is 0. The summed E-state index contributed by atoms with van der Waals surface area (Å²) < 4.78 is 5.68. The Balaban J connectivity index is 0.00000385. The van der Waals surface area contributed by atoms with Gasteiger partial charge in [-0.25, -0.2) is 9.59 Å². The monoisotopic (exact) mass is 526 g/mol. The molecule has 1 aliphatic heterocycles.